The molecule has 0 spiro atoms. The first-order valence-electron chi connectivity index (χ1n) is 7.46. The number of urea groups is 1. The number of hydrogen-bond donors (Lipinski definition) is 4. The molecule has 2 aromatic carbocycles. The number of carbonyl (C=O) groups excluding carboxylic acids is 2. The van der Waals surface area contributed by atoms with Gasteiger partial charge in [0.15, 0.2) is 0 Å². The Morgan fingerprint density at radius 1 is 0.962 bits per heavy atom. The van der Waals surface area contributed by atoms with E-state index >= 15 is 0 Å². The van der Waals surface area contributed by atoms with Crippen molar-refractivity contribution in [3.63, 3.8) is 0 Å². The predicted octanol–water partition coefficient (Wildman–Crippen LogP) is 3.00. The Morgan fingerprint density at radius 3 is 2.15 bits per heavy atom. The van der Waals surface area contributed by atoms with Gasteiger partial charge in [0.05, 0.1) is 22.2 Å². The highest BCUT2D eigenvalue weighted by molar-refractivity contribution is 6.39. The maximum Gasteiger partial charge on any atom is 0.328 e. The SMILES string of the molecule is O=C(NC[C@H](NC(=O)c1c(Cl)cccc1Cl)C(=O)O)Nc1ccccc1. The van der Waals surface area contributed by atoms with Crippen LogP contribution in [-0.4, -0.2) is 35.6 Å². The quantitative estimate of drug-likeness (QED) is 0.602. The zero-order valence-electron chi connectivity index (χ0n) is 13.3. The highest BCUT2D eigenvalue weighted by atomic mass is 35.5. The molecule has 3 amide bonds. The van der Waals surface area contributed by atoms with E-state index in [-0.39, 0.29) is 22.2 Å². The molecule has 0 aliphatic carbocycles. The summed E-state index contributed by atoms with van der Waals surface area (Å²) < 4.78 is 0. The molecule has 0 heterocycles. The molecular weight excluding hydrogens is 381 g/mol. The first-order chi connectivity index (χ1) is 12.4. The Balaban J connectivity index is 1.97. The number of amides is 3. The number of anilines is 1. The number of hydrogen-bond acceptors (Lipinski definition) is 3. The van der Waals surface area contributed by atoms with E-state index in [4.69, 9.17) is 23.2 Å². The maximum absolute atomic E-state index is 12.3. The van der Waals surface area contributed by atoms with Crippen LogP contribution in [-0.2, 0) is 4.79 Å². The van der Waals surface area contributed by atoms with Crippen molar-refractivity contribution in [1.82, 2.24) is 10.6 Å². The number of halogens is 2. The molecule has 7 nitrogen and oxygen atoms in total. The molecule has 9 heteroatoms. The lowest BCUT2D eigenvalue weighted by Crippen LogP contribution is -2.49. The van der Waals surface area contributed by atoms with E-state index in [1.807, 2.05) is 0 Å². The average Bonchev–Trinajstić information content (AvgIpc) is 2.59. The molecule has 0 saturated heterocycles. The zero-order valence-corrected chi connectivity index (χ0v) is 14.8. The first-order valence-corrected chi connectivity index (χ1v) is 8.21. The van der Waals surface area contributed by atoms with Crippen LogP contribution in [0.4, 0.5) is 10.5 Å². The van der Waals surface area contributed by atoms with Crippen LogP contribution in [0.2, 0.25) is 10.0 Å². The van der Waals surface area contributed by atoms with Crippen molar-refractivity contribution in [2.24, 2.45) is 0 Å². The van der Waals surface area contributed by atoms with Crippen LogP contribution in [0.1, 0.15) is 10.4 Å². The van der Waals surface area contributed by atoms with Crippen LogP contribution in [0.15, 0.2) is 48.5 Å². The van der Waals surface area contributed by atoms with Gasteiger partial charge in [-0.25, -0.2) is 9.59 Å². The van der Waals surface area contributed by atoms with Gasteiger partial charge in [-0.05, 0) is 24.3 Å². The second kappa shape index (κ2) is 9.07. The molecule has 136 valence electrons. The van der Waals surface area contributed by atoms with Gasteiger partial charge in [0.2, 0.25) is 0 Å². The zero-order chi connectivity index (χ0) is 19.1. The van der Waals surface area contributed by atoms with Crippen LogP contribution in [0.5, 0.6) is 0 Å². The van der Waals surface area contributed by atoms with Crippen LogP contribution in [0.3, 0.4) is 0 Å². The molecule has 4 N–H and O–H groups in total. The molecule has 0 unspecified atom stereocenters. The minimum atomic E-state index is -1.36. The number of benzene rings is 2. The Morgan fingerprint density at radius 2 is 1.58 bits per heavy atom. The third-order valence-electron chi connectivity index (χ3n) is 3.29. The summed E-state index contributed by atoms with van der Waals surface area (Å²) in [6.45, 7) is -0.332. The standard InChI is InChI=1S/C17H15Cl2N3O4/c18-11-7-4-8-12(19)14(11)15(23)22-13(16(24)25)9-20-17(26)21-10-5-2-1-3-6-10/h1-8,13H,9H2,(H,22,23)(H,24,25)(H2,20,21,26)/t13-/m0/s1. The smallest absolute Gasteiger partial charge is 0.328 e. The molecule has 0 aliphatic heterocycles. The summed E-state index contributed by atoms with van der Waals surface area (Å²) >= 11 is 11.9. The molecule has 0 saturated carbocycles. The summed E-state index contributed by atoms with van der Waals surface area (Å²) in [5.74, 6) is -2.07. The van der Waals surface area contributed by atoms with Crippen LogP contribution in [0.25, 0.3) is 0 Å². The molecule has 1 atom stereocenters. The van der Waals surface area contributed by atoms with Gasteiger partial charge in [-0.3, -0.25) is 4.79 Å². The van der Waals surface area contributed by atoms with Crippen molar-refractivity contribution in [2.45, 2.75) is 6.04 Å². The molecular formula is C17H15Cl2N3O4. The number of carboxylic acids is 1. The van der Waals surface area contributed by atoms with Crippen molar-refractivity contribution in [3.05, 3.63) is 64.1 Å². The van der Waals surface area contributed by atoms with Gasteiger partial charge in [-0.2, -0.15) is 0 Å². The van der Waals surface area contributed by atoms with E-state index in [9.17, 15) is 19.5 Å². The Bertz CT molecular complexity index is 795. The van der Waals surface area contributed by atoms with Crippen molar-refractivity contribution >= 4 is 46.8 Å². The summed E-state index contributed by atoms with van der Waals surface area (Å²) in [7, 11) is 0. The largest absolute Gasteiger partial charge is 0.480 e. The minimum absolute atomic E-state index is 0.0316. The van der Waals surface area contributed by atoms with E-state index in [1.54, 1.807) is 36.4 Å². The highest BCUT2D eigenvalue weighted by Gasteiger charge is 2.24. The molecule has 0 bridgehead atoms. The summed E-state index contributed by atoms with van der Waals surface area (Å²) in [5, 5.41) is 16.7. The Hall–Kier alpha value is -2.77. The molecule has 0 fully saturated rings. The highest BCUT2D eigenvalue weighted by Crippen LogP contribution is 2.24. The van der Waals surface area contributed by atoms with Gasteiger partial charge in [0, 0.05) is 5.69 Å². The van der Waals surface area contributed by atoms with E-state index in [0.717, 1.165) is 0 Å². The predicted molar refractivity (Wildman–Crippen MR) is 98.8 cm³/mol. The number of nitrogens with one attached hydrogen (secondary N) is 3. The van der Waals surface area contributed by atoms with Crippen molar-refractivity contribution in [2.75, 3.05) is 11.9 Å². The summed E-state index contributed by atoms with van der Waals surface area (Å²) in [5.41, 5.74) is 0.514. The number of para-hydroxylation sites is 1. The lowest BCUT2D eigenvalue weighted by Gasteiger charge is -2.16. The van der Waals surface area contributed by atoms with Gasteiger partial charge < -0.3 is 21.1 Å². The fourth-order valence-corrected chi connectivity index (χ4v) is 2.61. The van der Waals surface area contributed by atoms with Gasteiger partial charge in [0.25, 0.3) is 5.91 Å². The molecule has 0 aliphatic rings. The molecule has 2 aromatic rings. The van der Waals surface area contributed by atoms with Crippen molar-refractivity contribution in [1.29, 1.82) is 0 Å². The average molecular weight is 396 g/mol. The maximum atomic E-state index is 12.3. The number of aliphatic carboxylic acids is 1. The molecule has 26 heavy (non-hydrogen) atoms. The number of carboxylic acid groups (broad SMARTS) is 1. The fraction of sp³-hybridized carbons (Fsp3) is 0.118. The van der Waals surface area contributed by atoms with Crippen LogP contribution in [0, 0.1) is 0 Å². The first kappa shape index (κ1) is 19.6. The molecule has 0 aromatic heterocycles. The third kappa shape index (κ3) is 5.37. The second-order valence-electron chi connectivity index (χ2n) is 5.16. The Kier molecular flexibility index (Phi) is 6.82. The Labute approximate surface area is 159 Å². The van der Waals surface area contributed by atoms with Crippen LogP contribution < -0.4 is 16.0 Å². The lowest BCUT2D eigenvalue weighted by atomic mass is 10.2. The van der Waals surface area contributed by atoms with E-state index in [2.05, 4.69) is 16.0 Å². The topological polar surface area (TPSA) is 108 Å². The second-order valence-corrected chi connectivity index (χ2v) is 5.98. The summed E-state index contributed by atoms with van der Waals surface area (Å²) in [4.78, 5) is 35.5. The van der Waals surface area contributed by atoms with Gasteiger partial charge in [0.1, 0.15) is 6.04 Å². The monoisotopic (exact) mass is 395 g/mol. The third-order valence-corrected chi connectivity index (χ3v) is 3.92. The van der Waals surface area contributed by atoms with Gasteiger partial charge in [-0.15, -0.1) is 0 Å². The van der Waals surface area contributed by atoms with E-state index in [0.29, 0.717) is 5.69 Å². The van der Waals surface area contributed by atoms with E-state index < -0.39 is 23.9 Å². The number of rotatable bonds is 6. The fourth-order valence-electron chi connectivity index (χ4n) is 2.04. The van der Waals surface area contributed by atoms with Gasteiger partial charge in [-0.1, -0.05) is 47.5 Å². The minimum Gasteiger partial charge on any atom is -0.480 e. The summed E-state index contributed by atoms with van der Waals surface area (Å²) in [6, 6.07) is 11.1. The van der Waals surface area contributed by atoms with Crippen molar-refractivity contribution in [3.8, 4) is 0 Å². The van der Waals surface area contributed by atoms with Crippen molar-refractivity contribution < 1.29 is 19.5 Å². The van der Waals surface area contributed by atoms with Crippen LogP contribution >= 0.6 is 23.2 Å². The lowest BCUT2D eigenvalue weighted by molar-refractivity contribution is -0.139. The molecule has 0 radical (unpaired) electrons. The normalized spacial score (nSPS) is 11.3. The number of carbonyl (C=O) groups is 3. The van der Waals surface area contributed by atoms with E-state index in [1.165, 1.54) is 12.1 Å². The summed E-state index contributed by atoms with van der Waals surface area (Å²) in [6.07, 6.45) is 0. The molecule has 2 rings (SSSR count). The van der Waals surface area contributed by atoms with Gasteiger partial charge >= 0.3 is 12.0 Å².